The minimum absolute atomic E-state index is 0.145. The number of ether oxygens (including phenoxy) is 1. The molecular weight excluding hydrogens is 541 g/mol. The molecule has 2 heterocycles. The lowest BCUT2D eigenvalue weighted by Gasteiger charge is -2.16. The minimum atomic E-state index is -3.84. The second-order valence-corrected chi connectivity index (χ2v) is 19.8. The van der Waals surface area contributed by atoms with Gasteiger partial charge in [-0.1, -0.05) is 37.8 Å². The highest BCUT2D eigenvalue weighted by Gasteiger charge is 2.26. The van der Waals surface area contributed by atoms with Gasteiger partial charge in [0.25, 0.3) is 0 Å². The van der Waals surface area contributed by atoms with Gasteiger partial charge < -0.3 is 10.5 Å². The minimum Gasteiger partial charge on any atom is -0.383 e. The van der Waals surface area contributed by atoms with Gasteiger partial charge in [0.05, 0.1) is 29.9 Å². The quantitative estimate of drug-likeness (QED) is 0.0767. The van der Waals surface area contributed by atoms with Crippen LogP contribution in [-0.2, 0) is 21.3 Å². The van der Waals surface area contributed by atoms with Gasteiger partial charge in [-0.15, -0.1) is 23.1 Å². The van der Waals surface area contributed by atoms with Crippen molar-refractivity contribution in [3.05, 3.63) is 59.0 Å². The van der Waals surface area contributed by atoms with E-state index in [0.717, 1.165) is 22.6 Å². The molecule has 0 spiro atoms. The molecule has 0 saturated heterocycles. The molecule has 0 aliphatic heterocycles. The first-order valence-electron chi connectivity index (χ1n) is 11.8. The molecule has 0 aliphatic rings. The van der Waals surface area contributed by atoms with Crippen LogP contribution in [0.3, 0.4) is 0 Å². The number of benzene rings is 2. The first-order chi connectivity index (χ1) is 17.4. The predicted molar refractivity (Wildman–Crippen MR) is 157 cm³/mol. The molecule has 0 fully saturated rings. The van der Waals surface area contributed by atoms with E-state index in [1.807, 2.05) is 42.0 Å². The van der Waals surface area contributed by atoms with Crippen LogP contribution in [0, 0.1) is 12.3 Å². The van der Waals surface area contributed by atoms with Crippen LogP contribution in [-0.4, -0.2) is 44.7 Å². The van der Waals surface area contributed by atoms with Crippen molar-refractivity contribution in [3.63, 3.8) is 0 Å². The number of fused-ring (bicyclic) bond motifs is 1. The van der Waals surface area contributed by atoms with Crippen LogP contribution < -0.4 is 5.73 Å². The van der Waals surface area contributed by atoms with Crippen molar-refractivity contribution >= 4 is 57.9 Å². The van der Waals surface area contributed by atoms with Gasteiger partial charge in [0.2, 0.25) is 9.84 Å². The Morgan fingerprint density at radius 3 is 2.62 bits per heavy atom. The van der Waals surface area contributed by atoms with E-state index in [4.69, 9.17) is 20.9 Å². The van der Waals surface area contributed by atoms with E-state index >= 15 is 0 Å². The lowest BCUT2D eigenvalue weighted by atomic mass is 10.2. The molecule has 2 aromatic heterocycles. The summed E-state index contributed by atoms with van der Waals surface area (Å²) in [5, 5.41) is 7.73. The number of aromatic nitrogens is 2. The van der Waals surface area contributed by atoms with Crippen LogP contribution in [0.2, 0.25) is 25.7 Å². The molecule has 4 aromatic rings. The van der Waals surface area contributed by atoms with Gasteiger partial charge in [0.15, 0.2) is 0 Å². The van der Waals surface area contributed by atoms with Crippen LogP contribution in [0.5, 0.6) is 0 Å². The fraction of sp³-hybridized carbons (Fsp3) is 0.308. The summed E-state index contributed by atoms with van der Waals surface area (Å²) in [5.41, 5.74) is 9.21. The molecule has 0 amide bonds. The Morgan fingerprint density at radius 1 is 1.19 bits per heavy atom. The van der Waals surface area contributed by atoms with E-state index in [0.29, 0.717) is 33.8 Å². The molecule has 0 unspecified atom stereocenters. The molecule has 4 rings (SSSR count). The summed E-state index contributed by atoms with van der Waals surface area (Å²) >= 11 is 2.55. The number of imidazole rings is 1. The number of nitrogens with two attached hydrogens (primary N) is 1. The molecule has 196 valence electrons. The second-order valence-electron chi connectivity index (χ2n) is 10.1. The van der Waals surface area contributed by atoms with E-state index in [1.165, 1.54) is 29.2 Å². The maximum atomic E-state index is 13.7. The number of nitrogen functional groups attached to an aromatic ring is 1. The summed E-state index contributed by atoms with van der Waals surface area (Å²) in [5.74, 6) is 0.513. The maximum absolute atomic E-state index is 13.7. The number of hydrogen-bond donors (Lipinski definition) is 2. The molecule has 3 N–H and O–H groups in total. The van der Waals surface area contributed by atoms with Crippen molar-refractivity contribution in [2.24, 2.45) is 5.73 Å². The fourth-order valence-electron chi connectivity index (χ4n) is 3.87. The highest BCUT2D eigenvalue weighted by atomic mass is 32.2. The zero-order valence-electron chi connectivity index (χ0n) is 21.7. The van der Waals surface area contributed by atoms with Gasteiger partial charge in [-0.2, -0.15) is 0 Å². The summed E-state index contributed by atoms with van der Waals surface area (Å²) in [6, 6.07) is 15.5. The average molecular weight is 573 g/mol. The normalized spacial score (nSPS) is 12.4. The van der Waals surface area contributed by atoms with Crippen LogP contribution in [0.15, 0.2) is 62.5 Å². The number of nitrogens with one attached hydrogen (secondary N) is 1. The molecule has 37 heavy (non-hydrogen) atoms. The Balaban J connectivity index is 1.76. The van der Waals surface area contributed by atoms with Gasteiger partial charge in [0, 0.05) is 20.2 Å². The van der Waals surface area contributed by atoms with Crippen molar-refractivity contribution in [3.8, 4) is 11.4 Å². The Morgan fingerprint density at radius 2 is 1.95 bits per heavy atom. The fourth-order valence-corrected chi connectivity index (χ4v) is 8.53. The third-order valence-electron chi connectivity index (χ3n) is 5.93. The lowest BCUT2D eigenvalue weighted by molar-refractivity contribution is 0.0909. The average Bonchev–Trinajstić information content (AvgIpc) is 3.43. The van der Waals surface area contributed by atoms with Gasteiger partial charge in [-0.25, -0.2) is 13.4 Å². The molecule has 0 radical (unpaired) electrons. The summed E-state index contributed by atoms with van der Waals surface area (Å²) < 4.78 is 36.0. The molecule has 0 aliphatic carbocycles. The number of amidine groups is 1. The summed E-state index contributed by atoms with van der Waals surface area (Å²) in [6.07, 6.45) is 1.82. The number of hydrogen-bond acceptors (Lipinski definition) is 7. The van der Waals surface area contributed by atoms with Gasteiger partial charge in [0.1, 0.15) is 18.4 Å². The number of thioether (sulfide) groups is 1. The molecule has 0 bridgehead atoms. The molecular formula is C26H32N4O3S3Si. The highest BCUT2D eigenvalue weighted by molar-refractivity contribution is 8.01. The zero-order chi connectivity index (χ0) is 27.0. The largest absolute Gasteiger partial charge is 0.383 e. The van der Waals surface area contributed by atoms with Crippen molar-refractivity contribution in [1.29, 1.82) is 5.41 Å². The summed E-state index contributed by atoms with van der Waals surface area (Å²) in [6.45, 7) is 9.98. The number of rotatable bonds is 10. The van der Waals surface area contributed by atoms with Crippen LogP contribution in [0.1, 0.15) is 10.4 Å². The van der Waals surface area contributed by atoms with Crippen molar-refractivity contribution < 1.29 is 13.2 Å². The van der Waals surface area contributed by atoms with Crippen LogP contribution in [0.4, 0.5) is 0 Å². The van der Waals surface area contributed by atoms with E-state index < -0.39 is 17.9 Å². The lowest BCUT2D eigenvalue weighted by Crippen LogP contribution is -2.22. The number of sulfone groups is 1. The third-order valence-corrected chi connectivity index (χ3v) is 12.0. The standard InChI is InChI=1S/C26H32N4O3S3Si/c1-17-9-10-21-20(13-17)29-25(30(21)16-33-11-12-37(3,4)5)18-7-6-8-19(14-18)36(31,32)23-15-22(24(27)28)35-26(23)34-2/h6-10,13-15H,11-12,16H2,1-5H3,(H3,27,28). The molecule has 0 saturated carbocycles. The third kappa shape index (κ3) is 6.01. The van der Waals surface area contributed by atoms with E-state index in [9.17, 15) is 8.42 Å². The first-order valence-corrected chi connectivity index (χ1v) is 19.1. The molecule has 7 nitrogen and oxygen atoms in total. The number of aryl methyl sites for hydroxylation is 1. The van der Waals surface area contributed by atoms with Crippen molar-refractivity contribution in [1.82, 2.24) is 9.55 Å². The predicted octanol–water partition coefficient (Wildman–Crippen LogP) is 6.22. The Bertz CT molecular complexity index is 1570. The van der Waals surface area contributed by atoms with Crippen LogP contribution in [0.25, 0.3) is 22.4 Å². The monoisotopic (exact) mass is 572 g/mol. The number of thiophene rings is 1. The molecule has 11 heteroatoms. The summed E-state index contributed by atoms with van der Waals surface area (Å²) in [4.78, 5) is 5.66. The Kier molecular flexibility index (Phi) is 8.01. The summed E-state index contributed by atoms with van der Waals surface area (Å²) in [7, 11) is -5.07. The highest BCUT2D eigenvalue weighted by Crippen LogP contribution is 2.38. The Labute approximate surface area is 227 Å². The topological polar surface area (TPSA) is 111 Å². The van der Waals surface area contributed by atoms with E-state index in [2.05, 4.69) is 19.6 Å². The molecule has 0 atom stereocenters. The maximum Gasteiger partial charge on any atom is 0.208 e. The Hall–Kier alpha value is -2.44. The number of nitrogens with zero attached hydrogens (tertiary/aromatic N) is 2. The van der Waals surface area contributed by atoms with Crippen molar-refractivity contribution in [2.75, 3.05) is 12.9 Å². The van der Waals surface area contributed by atoms with Gasteiger partial charge >= 0.3 is 0 Å². The SMILES string of the molecule is CSc1sc(C(=N)N)cc1S(=O)(=O)c1cccc(-c2nc3cc(C)ccc3n2COCC[Si](C)(C)C)c1. The molecule has 2 aromatic carbocycles. The van der Waals surface area contributed by atoms with E-state index in [-0.39, 0.29) is 15.6 Å². The van der Waals surface area contributed by atoms with E-state index in [1.54, 1.807) is 18.2 Å². The van der Waals surface area contributed by atoms with Gasteiger partial charge in [-0.05, 0) is 55.1 Å². The zero-order valence-corrected chi connectivity index (χ0v) is 25.1. The second kappa shape index (κ2) is 10.7. The van der Waals surface area contributed by atoms with Crippen LogP contribution >= 0.6 is 23.1 Å². The first kappa shape index (κ1) is 27.6. The van der Waals surface area contributed by atoms with Crippen molar-refractivity contribution in [2.45, 2.75) is 53.3 Å². The van der Waals surface area contributed by atoms with Gasteiger partial charge in [-0.3, -0.25) is 9.98 Å². The smallest absolute Gasteiger partial charge is 0.208 e.